The van der Waals surface area contributed by atoms with Crippen LogP contribution in [-0.4, -0.2) is 55.3 Å². The number of anilines is 3. The van der Waals surface area contributed by atoms with E-state index >= 15 is 0 Å². The molecule has 0 atom stereocenters. The monoisotopic (exact) mass is 575 g/mol. The van der Waals surface area contributed by atoms with Crippen LogP contribution in [0, 0.1) is 0 Å². The number of benzene rings is 1. The number of carbonyl (C=O) groups is 4. The second-order valence-electron chi connectivity index (χ2n) is 10.6. The molecule has 0 saturated carbocycles. The number of amides is 3. The van der Waals surface area contributed by atoms with Gasteiger partial charge < -0.3 is 33.8 Å². The Morgan fingerprint density at radius 1 is 0.738 bits per heavy atom. The van der Waals surface area contributed by atoms with Crippen LogP contribution in [0.2, 0.25) is 0 Å². The van der Waals surface area contributed by atoms with Crippen LogP contribution in [0.15, 0.2) is 55.0 Å². The first-order chi connectivity index (χ1) is 19.7. The maximum atomic E-state index is 13.1. The second-order valence-corrected chi connectivity index (χ2v) is 10.6. The maximum absolute atomic E-state index is 13.1. The van der Waals surface area contributed by atoms with Crippen molar-refractivity contribution < 1.29 is 28.7 Å². The first kappa shape index (κ1) is 29.6. The zero-order valence-electron chi connectivity index (χ0n) is 24.4. The van der Waals surface area contributed by atoms with E-state index in [2.05, 4.69) is 20.9 Å². The van der Waals surface area contributed by atoms with Gasteiger partial charge in [0.2, 0.25) is 5.82 Å². The van der Waals surface area contributed by atoms with Gasteiger partial charge in [-0.05, 0) is 50.6 Å². The van der Waals surface area contributed by atoms with Gasteiger partial charge in [0.1, 0.15) is 17.0 Å². The third kappa shape index (κ3) is 6.86. The largest absolute Gasteiger partial charge is 0.464 e. The molecule has 0 aliphatic heterocycles. The van der Waals surface area contributed by atoms with E-state index in [-0.39, 0.29) is 17.3 Å². The summed E-state index contributed by atoms with van der Waals surface area (Å²) in [6.07, 6.45) is 4.37. The van der Waals surface area contributed by atoms with E-state index in [0.717, 1.165) is 11.1 Å². The number of esters is 1. The van der Waals surface area contributed by atoms with Gasteiger partial charge in [-0.25, -0.2) is 14.6 Å². The van der Waals surface area contributed by atoms with Crippen molar-refractivity contribution in [2.24, 2.45) is 21.1 Å². The van der Waals surface area contributed by atoms with E-state index in [0.29, 0.717) is 17.1 Å². The summed E-state index contributed by atoms with van der Waals surface area (Å²) >= 11 is 0. The highest BCUT2D eigenvalue weighted by Crippen LogP contribution is 2.25. The Balaban J connectivity index is 1.42. The number of imidazole rings is 1. The molecule has 0 aliphatic carbocycles. The predicted octanol–water partition coefficient (Wildman–Crippen LogP) is 4.40. The summed E-state index contributed by atoms with van der Waals surface area (Å²) in [6, 6.07) is 10.4. The van der Waals surface area contributed by atoms with Gasteiger partial charge in [-0.3, -0.25) is 14.9 Å². The third-order valence-electron chi connectivity index (χ3n) is 6.08. The zero-order valence-corrected chi connectivity index (χ0v) is 24.4. The van der Waals surface area contributed by atoms with Gasteiger partial charge in [-0.2, -0.15) is 0 Å². The van der Waals surface area contributed by atoms with Gasteiger partial charge in [0.15, 0.2) is 5.82 Å². The molecule has 3 N–H and O–H groups in total. The van der Waals surface area contributed by atoms with Crippen molar-refractivity contribution in [3.63, 3.8) is 0 Å². The average Bonchev–Trinajstić information content (AvgIpc) is 3.58. The minimum Gasteiger partial charge on any atom is -0.464 e. The summed E-state index contributed by atoms with van der Waals surface area (Å²) in [5, 5.41) is 8.11. The van der Waals surface area contributed by atoms with E-state index in [4.69, 9.17) is 9.47 Å². The highest BCUT2D eigenvalue weighted by Gasteiger charge is 2.20. The van der Waals surface area contributed by atoms with Crippen LogP contribution in [0.1, 0.15) is 52.4 Å². The topological polar surface area (TPSA) is 151 Å². The number of hydrogen-bond donors (Lipinski definition) is 3. The van der Waals surface area contributed by atoms with Crippen molar-refractivity contribution in [3.8, 4) is 11.1 Å². The fraction of sp³-hybridized carbons (Fsp3) is 0.276. The molecule has 4 aromatic rings. The highest BCUT2D eigenvalue weighted by atomic mass is 16.6. The van der Waals surface area contributed by atoms with Gasteiger partial charge in [0, 0.05) is 51.0 Å². The molecular weight excluding hydrogens is 542 g/mol. The first-order valence-corrected chi connectivity index (χ1v) is 12.9. The van der Waals surface area contributed by atoms with Gasteiger partial charge in [0.05, 0.1) is 12.8 Å². The Kier molecular flexibility index (Phi) is 8.22. The fourth-order valence-electron chi connectivity index (χ4n) is 4.16. The molecule has 0 fully saturated rings. The van der Waals surface area contributed by atoms with Gasteiger partial charge in [0.25, 0.3) is 11.8 Å². The molecule has 3 heterocycles. The van der Waals surface area contributed by atoms with Gasteiger partial charge in [-0.1, -0.05) is 12.1 Å². The van der Waals surface area contributed by atoms with Crippen LogP contribution in [-0.2, 0) is 30.6 Å². The predicted molar refractivity (Wildman–Crippen MR) is 157 cm³/mol. The lowest BCUT2D eigenvalue weighted by Gasteiger charge is -2.19. The van der Waals surface area contributed by atoms with Crippen LogP contribution in [0.3, 0.4) is 0 Å². The van der Waals surface area contributed by atoms with E-state index in [9.17, 15) is 19.2 Å². The quantitative estimate of drug-likeness (QED) is 0.276. The van der Waals surface area contributed by atoms with Crippen LogP contribution in [0.5, 0.6) is 0 Å². The maximum Gasteiger partial charge on any atom is 0.412 e. The summed E-state index contributed by atoms with van der Waals surface area (Å²) in [7, 11) is 6.31. The third-order valence-corrected chi connectivity index (χ3v) is 6.08. The molecule has 1 aromatic carbocycles. The molecule has 0 bridgehead atoms. The normalized spacial score (nSPS) is 11.1. The Morgan fingerprint density at radius 3 is 2.05 bits per heavy atom. The summed E-state index contributed by atoms with van der Waals surface area (Å²) < 4.78 is 14.7. The zero-order chi connectivity index (χ0) is 30.8. The minimum atomic E-state index is -0.603. The molecule has 220 valence electrons. The number of nitrogens with one attached hydrogen (secondary N) is 3. The number of ether oxygens (including phenoxy) is 2. The van der Waals surface area contributed by atoms with E-state index in [1.807, 2.05) is 18.3 Å². The van der Waals surface area contributed by atoms with Crippen molar-refractivity contribution in [2.45, 2.75) is 26.4 Å². The number of hydrogen-bond acceptors (Lipinski definition) is 7. The summed E-state index contributed by atoms with van der Waals surface area (Å²) in [5.74, 6) is -1.22. The summed E-state index contributed by atoms with van der Waals surface area (Å²) in [5.41, 5.74) is 2.64. The molecule has 0 aliphatic rings. The Morgan fingerprint density at radius 2 is 1.40 bits per heavy atom. The molecule has 4 rings (SSSR count). The van der Waals surface area contributed by atoms with Crippen molar-refractivity contribution >= 4 is 41.1 Å². The molecule has 3 amide bonds. The number of rotatable bonds is 7. The SMILES string of the molecule is COC(=O)c1cc(NC(=O)c2nc(NC(=O)c3cc(-c4ccc(NC(=O)OC(C)(C)C)cc4)cn3C)cn2C)cn1C. The van der Waals surface area contributed by atoms with Crippen molar-refractivity contribution in [1.82, 2.24) is 18.7 Å². The molecule has 0 spiro atoms. The van der Waals surface area contributed by atoms with Crippen LogP contribution in [0.25, 0.3) is 11.1 Å². The van der Waals surface area contributed by atoms with Crippen molar-refractivity contribution in [1.29, 1.82) is 0 Å². The number of aryl methyl sites for hydroxylation is 3. The lowest BCUT2D eigenvalue weighted by Crippen LogP contribution is -2.27. The first-order valence-electron chi connectivity index (χ1n) is 12.9. The van der Waals surface area contributed by atoms with E-state index in [1.54, 1.807) is 70.9 Å². The molecule has 13 heteroatoms. The molecule has 13 nitrogen and oxygen atoms in total. The number of aromatic nitrogens is 4. The molecule has 0 unspecified atom stereocenters. The minimum absolute atomic E-state index is 0.0569. The van der Waals surface area contributed by atoms with Gasteiger partial charge >= 0.3 is 12.1 Å². The number of methoxy groups -OCH3 is 1. The van der Waals surface area contributed by atoms with Crippen LogP contribution < -0.4 is 16.0 Å². The Labute approximate surface area is 242 Å². The number of nitrogens with zero attached hydrogens (tertiary/aromatic N) is 4. The fourth-order valence-corrected chi connectivity index (χ4v) is 4.16. The van der Waals surface area contributed by atoms with Crippen LogP contribution >= 0.6 is 0 Å². The van der Waals surface area contributed by atoms with E-state index < -0.39 is 29.5 Å². The molecule has 0 radical (unpaired) electrons. The molecule has 0 saturated heterocycles. The van der Waals surface area contributed by atoms with E-state index in [1.165, 1.54) is 28.5 Å². The average molecular weight is 576 g/mol. The molecular formula is C29H33N7O6. The smallest absolute Gasteiger partial charge is 0.412 e. The molecule has 3 aromatic heterocycles. The lowest BCUT2D eigenvalue weighted by molar-refractivity contribution is 0.0587. The summed E-state index contributed by atoms with van der Waals surface area (Å²) in [4.78, 5) is 54.1. The Bertz CT molecular complexity index is 1650. The summed E-state index contributed by atoms with van der Waals surface area (Å²) in [6.45, 7) is 5.37. The molecule has 42 heavy (non-hydrogen) atoms. The standard InChI is InChI=1S/C29H33N7O6/c1-29(2,3)42-28(40)31-19-10-8-17(9-11-19)18-12-21(34(4)14-18)25(37)33-23-16-36(6)24(32-23)26(38)30-20-13-22(27(39)41-7)35(5)15-20/h8-16H,1-7H3,(H,30,38)(H,31,40)(H,33,37). The van der Waals surface area contributed by atoms with Crippen molar-refractivity contribution in [2.75, 3.05) is 23.1 Å². The highest BCUT2D eigenvalue weighted by molar-refractivity contribution is 6.05. The lowest BCUT2D eigenvalue weighted by atomic mass is 10.1. The number of carbonyl (C=O) groups excluding carboxylic acids is 4. The van der Waals surface area contributed by atoms with Crippen LogP contribution in [0.4, 0.5) is 22.0 Å². The van der Waals surface area contributed by atoms with Crippen molar-refractivity contribution in [3.05, 3.63) is 72.2 Å². The second kappa shape index (κ2) is 11.6. The van der Waals surface area contributed by atoms with Gasteiger partial charge in [-0.15, -0.1) is 0 Å². The Hall–Kier alpha value is -5.33.